The zero-order valence-electron chi connectivity index (χ0n) is 10.9. The molecule has 1 aliphatic carbocycles. The maximum absolute atomic E-state index is 12.1. The second kappa shape index (κ2) is 4.63. The van der Waals surface area contributed by atoms with Gasteiger partial charge in [0.25, 0.3) is 0 Å². The van der Waals surface area contributed by atoms with Gasteiger partial charge < -0.3 is 10.2 Å². The van der Waals surface area contributed by atoms with Crippen molar-refractivity contribution in [2.24, 2.45) is 5.92 Å². The Morgan fingerprint density at radius 1 is 1.33 bits per heavy atom. The minimum absolute atomic E-state index is 0.202. The number of benzene rings is 1. The number of carbonyl (C=O) groups is 1. The molecule has 1 amide bonds. The minimum atomic E-state index is 0.202. The maximum atomic E-state index is 12.1. The van der Waals surface area contributed by atoms with E-state index in [0.29, 0.717) is 0 Å². The first-order valence-electron chi connectivity index (χ1n) is 6.89. The van der Waals surface area contributed by atoms with E-state index in [9.17, 15) is 4.79 Å². The van der Waals surface area contributed by atoms with Gasteiger partial charge in [-0.25, -0.2) is 0 Å². The van der Waals surface area contributed by atoms with Crippen molar-refractivity contribution in [3.63, 3.8) is 0 Å². The molecule has 96 valence electrons. The summed E-state index contributed by atoms with van der Waals surface area (Å²) in [5.41, 5.74) is 3.59. The van der Waals surface area contributed by atoms with Crippen LogP contribution in [0.1, 0.15) is 31.2 Å². The van der Waals surface area contributed by atoms with Gasteiger partial charge >= 0.3 is 0 Å². The number of likely N-dealkylation sites (N-methyl/N-ethyl adjacent to an activating group) is 1. The van der Waals surface area contributed by atoms with E-state index in [1.165, 1.54) is 24.1 Å². The van der Waals surface area contributed by atoms with Crippen LogP contribution >= 0.6 is 0 Å². The zero-order chi connectivity index (χ0) is 12.5. The molecular formula is C15H20N2O. The number of anilines is 2. The van der Waals surface area contributed by atoms with Gasteiger partial charge in [0.2, 0.25) is 5.91 Å². The molecule has 18 heavy (non-hydrogen) atoms. The number of rotatable bonds is 2. The second-order valence-corrected chi connectivity index (χ2v) is 5.49. The number of amides is 1. The standard InChI is InChI=1S/C15H20N2O/c1-17-9-8-11-6-7-13(10-14(11)17)16-15(18)12-4-2-3-5-12/h6-7,10,12H,2-5,8-9H2,1H3,(H,16,18). The molecule has 1 N–H and O–H groups in total. The first kappa shape index (κ1) is 11.6. The van der Waals surface area contributed by atoms with Crippen LogP contribution in [-0.4, -0.2) is 19.5 Å². The molecule has 1 aromatic carbocycles. The Labute approximate surface area is 108 Å². The highest BCUT2D eigenvalue weighted by molar-refractivity contribution is 5.93. The monoisotopic (exact) mass is 244 g/mol. The van der Waals surface area contributed by atoms with Crippen LogP contribution < -0.4 is 10.2 Å². The van der Waals surface area contributed by atoms with E-state index in [1.807, 2.05) is 6.07 Å². The topological polar surface area (TPSA) is 32.3 Å². The number of hydrogen-bond acceptors (Lipinski definition) is 2. The Morgan fingerprint density at radius 2 is 2.11 bits per heavy atom. The fraction of sp³-hybridized carbons (Fsp3) is 0.533. The molecule has 0 radical (unpaired) electrons. The summed E-state index contributed by atoms with van der Waals surface area (Å²) >= 11 is 0. The molecule has 0 spiro atoms. The highest BCUT2D eigenvalue weighted by atomic mass is 16.1. The third-order valence-corrected chi connectivity index (χ3v) is 4.21. The van der Waals surface area contributed by atoms with Crippen molar-refractivity contribution < 1.29 is 4.79 Å². The molecule has 0 atom stereocenters. The second-order valence-electron chi connectivity index (χ2n) is 5.49. The molecule has 1 saturated carbocycles. The van der Waals surface area contributed by atoms with Crippen LogP contribution in [0.3, 0.4) is 0 Å². The molecule has 1 aromatic rings. The summed E-state index contributed by atoms with van der Waals surface area (Å²) in [4.78, 5) is 14.3. The van der Waals surface area contributed by atoms with Crippen LogP contribution in [0.25, 0.3) is 0 Å². The smallest absolute Gasteiger partial charge is 0.227 e. The summed E-state index contributed by atoms with van der Waals surface area (Å²) in [6.45, 7) is 1.08. The predicted molar refractivity (Wildman–Crippen MR) is 74.0 cm³/mol. The van der Waals surface area contributed by atoms with Gasteiger partial charge in [-0.05, 0) is 37.0 Å². The molecular weight excluding hydrogens is 224 g/mol. The summed E-state index contributed by atoms with van der Waals surface area (Å²) in [5.74, 6) is 0.434. The predicted octanol–water partition coefficient (Wildman–Crippen LogP) is 2.81. The lowest BCUT2D eigenvalue weighted by Gasteiger charge is -2.15. The van der Waals surface area contributed by atoms with Crippen molar-refractivity contribution >= 4 is 17.3 Å². The summed E-state index contributed by atoms with van der Waals surface area (Å²) < 4.78 is 0. The Balaban J connectivity index is 1.73. The van der Waals surface area contributed by atoms with Gasteiger partial charge in [-0.2, -0.15) is 0 Å². The summed E-state index contributed by atoms with van der Waals surface area (Å²) in [5, 5.41) is 3.07. The van der Waals surface area contributed by atoms with Crippen LogP contribution in [0.2, 0.25) is 0 Å². The largest absolute Gasteiger partial charge is 0.374 e. The van der Waals surface area contributed by atoms with Crippen molar-refractivity contribution in [3.8, 4) is 0 Å². The molecule has 0 bridgehead atoms. The molecule has 3 nitrogen and oxygen atoms in total. The Bertz CT molecular complexity index is 464. The average Bonchev–Trinajstić information content (AvgIpc) is 3.00. The fourth-order valence-corrected chi connectivity index (χ4v) is 3.05. The number of nitrogens with zero attached hydrogens (tertiary/aromatic N) is 1. The van der Waals surface area contributed by atoms with E-state index in [-0.39, 0.29) is 11.8 Å². The molecule has 1 fully saturated rings. The summed E-state index contributed by atoms with van der Waals surface area (Å²) in [6, 6.07) is 6.28. The molecule has 0 saturated heterocycles. The summed E-state index contributed by atoms with van der Waals surface area (Å²) in [6.07, 6.45) is 5.62. The first-order valence-corrected chi connectivity index (χ1v) is 6.89. The van der Waals surface area contributed by atoms with Gasteiger partial charge in [-0.3, -0.25) is 4.79 Å². The van der Waals surface area contributed by atoms with Gasteiger partial charge in [0, 0.05) is 30.9 Å². The number of nitrogens with one attached hydrogen (secondary N) is 1. The Morgan fingerprint density at radius 3 is 2.89 bits per heavy atom. The maximum Gasteiger partial charge on any atom is 0.227 e. The highest BCUT2D eigenvalue weighted by Crippen LogP contribution is 2.31. The summed E-state index contributed by atoms with van der Waals surface area (Å²) in [7, 11) is 2.11. The lowest BCUT2D eigenvalue weighted by atomic mass is 10.1. The van der Waals surface area contributed by atoms with Crippen LogP contribution in [0, 0.1) is 5.92 Å². The first-order chi connectivity index (χ1) is 8.74. The lowest BCUT2D eigenvalue weighted by Crippen LogP contribution is -2.20. The van der Waals surface area contributed by atoms with Gasteiger partial charge in [0.1, 0.15) is 0 Å². The number of hydrogen-bond donors (Lipinski definition) is 1. The molecule has 2 aliphatic rings. The van der Waals surface area contributed by atoms with Crippen LogP contribution in [0.4, 0.5) is 11.4 Å². The molecule has 0 aromatic heterocycles. The highest BCUT2D eigenvalue weighted by Gasteiger charge is 2.23. The Kier molecular flexibility index (Phi) is 2.98. The number of fused-ring (bicyclic) bond motifs is 1. The molecule has 1 heterocycles. The van der Waals surface area contributed by atoms with E-state index < -0.39 is 0 Å². The quantitative estimate of drug-likeness (QED) is 0.867. The van der Waals surface area contributed by atoms with Gasteiger partial charge in [0.15, 0.2) is 0 Å². The molecule has 1 aliphatic heterocycles. The number of carbonyl (C=O) groups excluding carboxylic acids is 1. The normalized spacial score (nSPS) is 19.1. The van der Waals surface area contributed by atoms with Crippen molar-refractivity contribution in [1.29, 1.82) is 0 Å². The fourth-order valence-electron chi connectivity index (χ4n) is 3.05. The van der Waals surface area contributed by atoms with Gasteiger partial charge in [-0.1, -0.05) is 18.9 Å². The average molecular weight is 244 g/mol. The van der Waals surface area contributed by atoms with E-state index in [4.69, 9.17) is 0 Å². The van der Waals surface area contributed by atoms with E-state index in [0.717, 1.165) is 31.5 Å². The van der Waals surface area contributed by atoms with Crippen molar-refractivity contribution in [1.82, 2.24) is 0 Å². The molecule has 3 heteroatoms. The minimum Gasteiger partial charge on any atom is -0.374 e. The lowest BCUT2D eigenvalue weighted by molar-refractivity contribution is -0.119. The van der Waals surface area contributed by atoms with Crippen molar-refractivity contribution in [2.75, 3.05) is 23.8 Å². The van der Waals surface area contributed by atoms with E-state index in [1.54, 1.807) is 0 Å². The Hall–Kier alpha value is -1.51. The van der Waals surface area contributed by atoms with Crippen LogP contribution in [0.15, 0.2) is 18.2 Å². The molecule has 3 rings (SSSR count). The third-order valence-electron chi connectivity index (χ3n) is 4.21. The van der Waals surface area contributed by atoms with E-state index in [2.05, 4.69) is 29.4 Å². The van der Waals surface area contributed by atoms with Gasteiger partial charge in [-0.15, -0.1) is 0 Å². The zero-order valence-corrected chi connectivity index (χ0v) is 10.9. The third kappa shape index (κ3) is 2.09. The van der Waals surface area contributed by atoms with Crippen molar-refractivity contribution in [2.45, 2.75) is 32.1 Å². The van der Waals surface area contributed by atoms with E-state index >= 15 is 0 Å². The van der Waals surface area contributed by atoms with Crippen LogP contribution in [-0.2, 0) is 11.2 Å². The SMILES string of the molecule is CN1CCc2ccc(NC(=O)C3CCCC3)cc21. The van der Waals surface area contributed by atoms with Crippen LogP contribution in [0.5, 0.6) is 0 Å². The van der Waals surface area contributed by atoms with Gasteiger partial charge in [0.05, 0.1) is 0 Å². The van der Waals surface area contributed by atoms with Crippen molar-refractivity contribution in [3.05, 3.63) is 23.8 Å². The molecule has 0 unspecified atom stereocenters.